The largest absolute Gasteiger partial charge is 0.489 e. The van der Waals surface area contributed by atoms with E-state index in [1.807, 2.05) is 37.3 Å². The summed E-state index contributed by atoms with van der Waals surface area (Å²) in [6, 6.07) is 14.1. The van der Waals surface area contributed by atoms with Crippen molar-refractivity contribution in [3.8, 4) is 5.75 Å². The summed E-state index contributed by atoms with van der Waals surface area (Å²) in [5.74, 6) is 0.897. The van der Waals surface area contributed by atoms with Crippen LogP contribution < -0.4 is 10.5 Å². The molecule has 2 N–H and O–H groups in total. The van der Waals surface area contributed by atoms with E-state index in [4.69, 9.17) is 10.5 Å². The van der Waals surface area contributed by atoms with Crippen molar-refractivity contribution in [3.05, 3.63) is 59.2 Å². The van der Waals surface area contributed by atoms with E-state index >= 15 is 0 Å². The maximum absolute atomic E-state index is 5.87. The molecule has 0 unspecified atom stereocenters. The Morgan fingerprint density at radius 1 is 1.06 bits per heavy atom. The van der Waals surface area contributed by atoms with Crippen molar-refractivity contribution in [2.45, 2.75) is 26.9 Å². The van der Waals surface area contributed by atoms with E-state index in [9.17, 15) is 0 Å². The first kappa shape index (κ1) is 12.5. The number of benzene rings is 2. The van der Waals surface area contributed by atoms with Crippen LogP contribution in [0, 0.1) is 6.92 Å². The van der Waals surface area contributed by atoms with Crippen molar-refractivity contribution in [2.75, 3.05) is 5.73 Å². The van der Waals surface area contributed by atoms with E-state index in [1.165, 1.54) is 5.56 Å². The van der Waals surface area contributed by atoms with Gasteiger partial charge < -0.3 is 10.5 Å². The lowest BCUT2D eigenvalue weighted by molar-refractivity contribution is 0.305. The minimum absolute atomic E-state index is 0.558. The zero-order valence-electron chi connectivity index (χ0n) is 10.9. The standard InChI is InChI=1S/C16H19NO/c1-3-13-7-9-15(10-8-13)18-11-14-5-4-6-16(17)12(14)2/h4-10H,3,11,17H2,1-2H3. The van der Waals surface area contributed by atoms with Gasteiger partial charge in [-0.25, -0.2) is 0 Å². The van der Waals surface area contributed by atoms with Crippen LogP contribution in [0.3, 0.4) is 0 Å². The van der Waals surface area contributed by atoms with Crippen LogP contribution in [0.25, 0.3) is 0 Å². The van der Waals surface area contributed by atoms with Crippen LogP contribution in [0.4, 0.5) is 5.69 Å². The molecular weight excluding hydrogens is 222 g/mol. The second kappa shape index (κ2) is 5.58. The topological polar surface area (TPSA) is 35.2 Å². The number of nitrogens with two attached hydrogens (primary N) is 1. The molecule has 0 heterocycles. The molecule has 0 radical (unpaired) electrons. The van der Waals surface area contributed by atoms with Crippen molar-refractivity contribution >= 4 is 5.69 Å². The summed E-state index contributed by atoms with van der Waals surface area (Å²) in [7, 11) is 0. The molecule has 0 bridgehead atoms. The SMILES string of the molecule is CCc1ccc(OCc2cccc(N)c2C)cc1. The molecule has 94 valence electrons. The molecule has 0 aliphatic rings. The number of hydrogen-bond acceptors (Lipinski definition) is 2. The van der Waals surface area contributed by atoms with Crippen molar-refractivity contribution in [1.82, 2.24) is 0 Å². The molecule has 0 saturated carbocycles. The van der Waals surface area contributed by atoms with Gasteiger partial charge in [-0.05, 0) is 48.2 Å². The van der Waals surface area contributed by atoms with Gasteiger partial charge in [0.15, 0.2) is 0 Å². The van der Waals surface area contributed by atoms with Crippen LogP contribution >= 0.6 is 0 Å². The number of nitrogen functional groups attached to an aromatic ring is 1. The second-order valence-corrected chi connectivity index (χ2v) is 4.42. The molecule has 2 aromatic rings. The first-order chi connectivity index (χ1) is 8.70. The molecule has 2 rings (SSSR count). The van der Waals surface area contributed by atoms with Gasteiger partial charge in [0.25, 0.3) is 0 Å². The quantitative estimate of drug-likeness (QED) is 0.828. The number of anilines is 1. The fraction of sp³-hybridized carbons (Fsp3) is 0.250. The van der Waals surface area contributed by atoms with Crippen LogP contribution in [0.1, 0.15) is 23.6 Å². The van der Waals surface area contributed by atoms with Crippen molar-refractivity contribution in [3.63, 3.8) is 0 Å². The molecule has 0 saturated heterocycles. The van der Waals surface area contributed by atoms with Gasteiger partial charge in [0.2, 0.25) is 0 Å². The van der Waals surface area contributed by atoms with E-state index in [1.54, 1.807) is 0 Å². The first-order valence-corrected chi connectivity index (χ1v) is 6.26. The molecule has 2 nitrogen and oxygen atoms in total. The Morgan fingerprint density at radius 2 is 1.78 bits per heavy atom. The van der Waals surface area contributed by atoms with Gasteiger partial charge in [-0.1, -0.05) is 31.2 Å². The summed E-state index contributed by atoms with van der Waals surface area (Å²) in [4.78, 5) is 0. The molecule has 0 aliphatic heterocycles. The average Bonchev–Trinajstić information content (AvgIpc) is 2.41. The van der Waals surface area contributed by atoms with Crippen molar-refractivity contribution in [1.29, 1.82) is 0 Å². The smallest absolute Gasteiger partial charge is 0.119 e. The van der Waals surface area contributed by atoms with Crippen LogP contribution in [-0.2, 0) is 13.0 Å². The molecule has 0 spiro atoms. The highest BCUT2D eigenvalue weighted by molar-refractivity contribution is 5.49. The summed E-state index contributed by atoms with van der Waals surface area (Å²) in [6.45, 7) is 4.72. The molecule has 0 atom stereocenters. The Bertz CT molecular complexity index is 517. The fourth-order valence-electron chi connectivity index (χ4n) is 1.84. The third-order valence-electron chi connectivity index (χ3n) is 3.21. The monoisotopic (exact) mass is 241 g/mol. The lowest BCUT2D eigenvalue weighted by atomic mass is 10.1. The van der Waals surface area contributed by atoms with Crippen molar-refractivity contribution in [2.24, 2.45) is 0 Å². The maximum Gasteiger partial charge on any atom is 0.119 e. The first-order valence-electron chi connectivity index (χ1n) is 6.26. The zero-order chi connectivity index (χ0) is 13.0. The van der Waals surface area contributed by atoms with Crippen molar-refractivity contribution < 1.29 is 4.74 Å². The van der Waals surface area contributed by atoms with Crippen LogP contribution in [0.15, 0.2) is 42.5 Å². The van der Waals surface area contributed by atoms with Gasteiger partial charge in [-0.15, -0.1) is 0 Å². The highest BCUT2D eigenvalue weighted by atomic mass is 16.5. The number of aryl methyl sites for hydroxylation is 1. The molecule has 0 amide bonds. The number of hydrogen-bond donors (Lipinski definition) is 1. The highest BCUT2D eigenvalue weighted by Crippen LogP contribution is 2.19. The lowest BCUT2D eigenvalue weighted by Gasteiger charge is -2.10. The van der Waals surface area contributed by atoms with E-state index in [2.05, 4.69) is 19.1 Å². The van der Waals surface area contributed by atoms with E-state index < -0.39 is 0 Å². The Hall–Kier alpha value is -1.96. The summed E-state index contributed by atoms with van der Waals surface area (Å²) >= 11 is 0. The molecule has 2 aromatic carbocycles. The Kier molecular flexibility index (Phi) is 3.88. The summed E-state index contributed by atoms with van der Waals surface area (Å²) < 4.78 is 5.77. The van der Waals surface area contributed by atoms with Crippen LogP contribution in [0.2, 0.25) is 0 Å². The van der Waals surface area contributed by atoms with Crippen LogP contribution in [-0.4, -0.2) is 0 Å². The molecular formula is C16H19NO. The maximum atomic E-state index is 5.87. The summed E-state index contributed by atoms with van der Waals surface area (Å²) in [5, 5.41) is 0. The number of ether oxygens (including phenoxy) is 1. The predicted octanol–water partition coefficient (Wildman–Crippen LogP) is 3.72. The van der Waals surface area contributed by atoms with Crippen LogP contribution in [0.5, 0.6) is 5.75 Å². The van der Waals surface area contributed by atoms with Gasteiger partial charge in [0.05, 0.1) is 0 Å². The van der Waals surface area contributed by atoms with Gasteiger partial charge in [0.1, 0.15) is 12.4 Å². The predicted molar refractivity (Wildman–Crippen MR) is 75.7 cm³/mol. The normalized spacial score (nSPS) is 10.3. The molecule has 0 fully saturated rings. The third kappa shape index (κ3) is 2.83. The minimum Gasteiger partial charge on any atom is -0.489 e. The fourth-order valence-corrected chi connectivity index (χ4v) is 1.84. The summed E-state index contributed by atoms with van der Waals surface area (Å²) in [5.41, 5.74) is 10.2. The van der Waals surface area contributed by atoms with Gasteiger partial charge in [0, 0.05) is 5.69 Å². The Balaban J connectivity index is 2.04. The molecule has 0 aliphatic carbocycles. The van der Waals surface area contributed by atoms with Gasteiger partial charge in [-0.2, -0.15) is 0 Å². The number of rotatable bonds is 4. The molecule has 0 aromatic heterocycles. The minimum atomic E-state index is 0.558. The highest BCUT2D eigenvalue weighted by Gasteiger charge is 2.02. The molecule has 18 heavy (non-hydrogen) atoms. The summed E-state index contributed by atoms with van der Waals surface area (Å²) in [6.07, 6.45) is 1.05. The average molecular weight is 241 g/mol. The Labute approximate surface area is 108 Å². The van der Waals surface area contributed by atoms with E-state index in [0.29, 0.717) is 6.61 Å². The third-order valence-corrected chi connectivity index (χ3v) is 3.21. The second-order valence-electron chi connectivity index (χ2n) is 4.42. The Morgan fingerprint density at radius 3 is 2.44 bits per heavy atom. The molecule has 2 heteroatoms. The van der Waals surface area contributed by atoms with E-state index in [0.717, 1.165) is 29.0 Å². The zero-order valence-corrected chi connectivity index (χ0v) is 10.9. The lowest BCUT2D eigenvalue weighted by Crippen LogP contribution is -2.00. The van der Waals surface area contributed by atoms with E-state index in [-0.39, 0.29) is 0 Å². The van der Waals surface area contributed by atoms with Gasteiger partial charge >= 0.3 is 0 Å². The van der Waals surface area contributed by atoms with Gasteiger partial charge in [-0.3, -0.25) is 0 Å².